The van der Waals surface area contributed by atoms with Crippen LogP contribution in [0.4, 0.5) is 0 Å². The van der Waals surface area contributed by atoms with Gasteiger partial charge in [-0.05, 0) is 48.0 Å². The van der Waals surface area contributed by atoms with Crippen LogP contribution in [0.5, 0.6) is 17.2 Å². The molecule has 0 fully saturated rings. The molecule has 3 atom stereocenters. The third-order valence-corrected chi connectivity index (χ3v) is 9.28. The van der Waals surface area contributed by atoms with Gasteiger partial charge >= 0.3 is 0 Å². The first-order valence-corrected chi connectivity index (χ1v) is 14.0. The second-order valence-corrected chi connectivity index (χ2v) is 11.3. The Balaban J connectivity index is 1.62. The number of aromatic hydroxyl groups is 1. The van der Waals surface area contributed by atoms with Crippen molar-refractivity contribution in [1.82, 2.24) is 4.57 Å². The minimum Gasteiger partial charge on any atom is -0.507 e. The highest BCUT2D eigenvalue weighted by Crippen LogP contribution is 2.57. The molecule has 40 heavy (non-hydrogen) atoms. The van der Waals surface area contributed by atoms with Crippen LogP contribution in [0.15, 0.2) is 26.2 Å². The number of pyridine rings is 1. The van der Waals surface area contributed by atoms with Gasteiger partial charge in [-0.25, -0.2) is 0 Å². The Hall–Kier alpha value is -3.25. The van der Waals surface area contributed by atoms with Crippen LogP contribution in [0.2, 0.25) is 0 Å². The van der Waals surface area contributed by atoms with Gasteiger partial charge in [-0.1, -0.05) is 13.3 Å². The minimum absolute atomic E-state index is 0.00110. The zero-order chi connectivity index (χ0) is 28.8. The van der Waals surface area contributed by atoms with Crippen molar-refractivity contribution in [3.05, 3.63) is 65.2 Å². The fourth-order valence-corrected chi connectivity index (χ4v) is 7.36. The summed E-state index contributed by atoms with van der Waals surface area (Å²) in [7, 11) is 2.92. The van der Waals surface area contributed by atoms with E-state index in [1.165, 1.54) is 11.7 Å². The molecule has 0 saturated carbocycles. The van der Waals surface area contributed by atoms with E-state index >= 15 is 0 Å². The van der Waals surface area contributed by atoms with Gasteiger partial charge < -0.3 is 34.5 Å². The van der Waals surface area contributed by atoms with E-state index in [0.29, 0.717) is 22.2 Å². The standard InChI is InChI=1S/C29H28BrNO9/c1-4-5-12-21(30)18-19(29(38)31(12)2)23(35)15-10(22(18)34)6-7-11-16(15)24(36)20-25(37)17-13(32)8-9-14(33)27(17)40-28(20)26(11)39-3/h13-14,25,32-33,36-37H,4-9H2,1-3H3/t13-,14-,25?/m0/s1. The number of ether oxygens (including phenoxy) is 2. The van der Waals surface area contributed by atoms with E-state index in [0.717, 1.165) is 6.42 Å². The molecule has 1 aromatic carbocycles. The molecule has 0 radical (unpaired) electrons. The highest BCUT2D eigenvalue weighted by atomic mass is 79.9. The molecule has 6 rings (SSSR count). The average molecular weight is 614 g/mol. The molecule has 2 aromatic rings. The lowest BCUT2D eigenvalue weighted by Gasteiger charge is -2.38. The van der Waals surface area contributed by atoms with E-state index in [1.54, 1.807) is 7.05 Å². The van der Waals surface area contributed by atoms with Crippen LogP contribution >= 0.6 is 15.9 Å². The quantitative estimate of drug-likeness (QED) is 0.409. The number of Topliss-reactive ketones (excluding diaryl/α,β-unsaturated/α-hetero) is 2. The largest absolute Gasteiger partial charge is 0.507 e. The molecule has 10 nitrogen and oxygen atoms in total. The SMILES string of the molecule is CCCc1c(Br)c2c(c(=O)n1C)C(=O)C1=C(CCc3c(OC)c4c(c(O)c31)C(O)C1=C(O4)[C@@H](O)CC[C@@H]1O)C2=O. The molecule has 1 unspecified atom stereocenters. The first kappa shape index (κ1) is 26.9. The molecule has 4 N–H and O–H groups in total. The van der Waals surface area contributed by atoms with E-state index in [2.05, 4.69) is 15.9 Å². The van der Waals surface area contributed by atoms with Gasteiger partial charge in [-0.15, -0.1) is 0 Å². The fourth-order valence-electron chi connectivity index (χ4n) is 6.52. The van der Waals surface area contributed by atoms with Gasteiger partial charge in [0.15, 0.2) is 17.3 Å². The van der Waals surface area contributed by atoms with Crippen molar-refractivity contribution in [3.8, 4) is 17.2 Å². The summed E-state index contributed by atoms with van der Waals surface area (Å²) in [4.78, 5) is 41.5. The Bertz CT molecular complexity index is 1660. The Morgan fingerprint density at radius 1 is 1.02 bits per heavy atom. The number of aliphatic hydroxyl groups is 3. The van der Waals surface area contributed by atoms with Crippen molar-refractivity contribution < 1.29 is 39.5 Å². The van der Waals surface area contributed by atoms with Crippen LogP contribution in [0, 0.1) is 0 Å². The number of aromatic nitrogens is 1. The van der Waals surface area contributed by atoms with Crippen molar-refractivity contribution in [2.24, 2.45) is 7.05 Å². The Morgan fingerprint density at radius 2 is 1.73 bits per heavy atom. The van der Waals surface area contributed by atoms with Crippen molar-refractivity contribution in [2.45, 2.75) is 63.8 Å². The monoisotopic (exact) mass is 613 g/mol. The molecule has 210 valence electrons. The molecule has 0 amide bonds. The van der Waals surface area contributed by atoms with E-state index in [1.807, 2.05) is 6.92 Å². The number of benzene rings is 1. The number of allylic oxidation sites excluding steroid dienone is 2. The maximum absolute atomic E-state index is 14.1. The van der Waals surface area contributed by atoms with Gasteiger partial charge in [0, 0.05) is 45.1 Å². The van der Waals surface area contributed by atoms with Gasteiger partial charge in [0.25, 0.3) is 5.56 Å². The lowest BCUT2D eigenvalue weighted by Crippen LogP contribution is -2.37. The number of aliphatic hydroxyl groups excluding tert-OH is 3. The molecule has 3 aliphatic carbocycles. The number of phenolic OH excluding ortho intramolecular Hbond substituents is 1. The summed E-state index contributed by atoms with van der Waals surface area (Å²) < 4.78 is 13.4. The van der Waals surface area contributed by atoms with Crippen LogP contribution < -0.4 is 15.0 Å². The Morgan fingerprint density at radius 3 is 2.40 bits per heavy atom. The number of carbonyl (C=O) groups is 2. The summed E-state index contributed by atoms with van der Waals surface area (Å²) in [6.45, 7) is 1.95. The zero-order valence-corrected chi connectivity index (χ0v) is 23.7. The summed E-state index contributed by atoms with van der Waals surface area (Å²) in [5.74, 6) is -1.58. The van der Waals surface area contributed by atoms with Crippen LogP contribution in [-0.4, -0.2) is 55.9 Å². The number of methoxy groups -OCH3 is 1. The van der Waals surface area contributed by atoms with Crippen LogP contribution in [-0.2, 0) is 19.9 Å². The third-order valence-electron chi connectivity index (χ3n) is 8.43. The molecular weight excluding hydrogens is 586 g/mol. The van der Waals surface area contributed by atoms with Crippen molar-refractivity contribution >= 4 is 33.1 Å². The molecule has 11 heteroatoms. The number of nitrogens with zero attached hydrogens (tertiary/aromatic N) is 1. The molecule has 1 aromatic heterocycles. The van der Waals surface area contributed by atoms with E-state index in [-0.39, 0.29) is 81.9 Å². The fraction of sp³-hybridized carbons (Fsp3) is 0.414. The van der Waals surface area contributed by atoms with Gasteiger partial charge in [0.1, 0.15) is 29.3 Å². The van der Waals surface area contributed by atoms with E-state index < -0.39 is 41.2 Å². The Labute approximate surface area is 237 Å². The highest BCUT2D eigenvalue weighted by Gasteiger charge is 2.47. The topological polar surface area (TPSA) is 156 Å². The first-order valence-electron chi connectivity index (χ1n) is 13.2. The number of rotatable bonds is 3. The van der Waals surface area contributed by atoms with Gasteiger partial charge in [-0.3, -0.25) is 14.4 Å². The van der Waals surface area contributed by atoms with Crippen LogP contribution in [0.25, 0.3) is 5.57 Å². The van der Waals surface area contributed by atoms with E-state index in [4.69, 9.17) is 9.47 Å². The van der Waals surface area contributed by atoms with E-state index in [9.17, 15) is 34.8 Å². The molecule has 0 bridgehead atoms. The maximum atomic E-state index is 14.1. The predicted molar refractivity (Wildman–Crippen MR) is 146 cm³/mol. The predicted octanol–water partition coefficient (Wildman–Crippen LogP) is 2.79. The Kier molecular flexibility index (Phi) is 6.34. The maximum Gasteiger partial charge on any atom is 0.262 e. The van der Waals surface area contributed by atoms with Gasteiger partial charge in [0.05, 0.1) is 24.3 Å². The first-order chi connectivity index (χ1) is 19.0. The molecular formula is C29H28BrNO9. The number of carbonyl (C=O) groups excluding carboxylic acids is 2. The molecule has 0 saturated heterocycles. The second-order valence-electron chi connectivity index (χ2n) is 10.5. The van der Waals surface area contributed by atoms with Crippen molar-refractivity contribution in [1.29, 1.82) is 0 Å². The number of fused-ring (bicyclic) bond motifs is 4. The number of phenols is 1. The number of halogens is 1. The summed E-state index contributed by atoms with van der Waals surface area (Å²) in [5.41, 5.74) is 0.0519. The third kappa shape index (κ3) is 3.41. The van der Waals surface area contributed by atoms with Gasteiger partial charge in [0.2, 0.25) is 5.78 Å². The summed E-state index contributed by atoms with van der Waals surface area (Å²) in [5, 5.41) is 44.2. The lowest BCUT2D eigenvalue weighted by molar-refractivity contribution is 0.0558. The van der Waals surface area contributed by atoms with Gasteiger partial charge in [-0.2, -0.15) is 0 Å². The molecule has 0 spiro atoms. The van der Waals surface area contributed by atoms with Crippen molar-refractivity contribution in [3.63, 3.8) is 0 Å². The molecule has 2 heterocycles. The normalized spacial score (nSPS) is 23.2. The number of hydrogen-bond donors (Lipinski definition) is 4. The highest BCUT2D eigenvalue weighted by molar-refractivity contribution is 9.10. The molecule has 1 aliphatic heterocycles. The number of ketones is 2. The average Bonchev–Trinajstić information content (AvgIpc) is 2.93. The lowest BCUT2D eigenvalue weighted by atomic mass is 9.72. The second kappa shape index (κ2) is 9.41. The van der Waals surface area contributed by atoms with Crippen LogP contribution in [0.3, 0.4) is 0 Å². The van der Waals surface area contributed by atoms with Crippen LogP contribution in [0.1, 0.15) is 81.8 Å². The molecule has 4 aliphatic rings. The zero-order valence-electron chi connectivity index (χ0n) is 22.1. The summed E-state index contributed by atoms with van der Waals surface area (Å²) in [6.07, 6.45) is -1.78. The van der Waals surface area contributed by atoms with Crippen molar-refractivity contribution in [2.75, 3.05) is 7.11 Å². The summed E-state index contributed by atoms with van der Waals surface area (Å²) >= 11 is 3.48. The smallest absolute Gasteiger partial charge is 0.262 e. The summed E-state index contributed by atoms with van der Waals surface area (Å²) in [6, 6.07) is 0. The minimum atomic E-state index is -1.57. The number of hydrogen-bond acceptors (Lipinski definition) is 9.